The summed E-state index contributed by atoms with van der Waals surface area (Å²) in [5.41, 5.74) is 5.46. The minimum atomic E-state index is 0.0374. The quantitative estimate of drug-likeness (QED) is 0.689. The third kappa shape index (κ3) is 1.58. The van der Waals surface area contributed by atoms with E-state index in [1.165, 1.54) is 4.68 Å². The third-order valence-corrected chi connectivity index (χ3v) is 2.49. The molecule has 1 fully saturated rings. The first-order valence-corrected chi connectivity index (χ1v) is 4.71. The van der Waals surface area contributed by atoms with Crippen molar-refractivity contribution in [1.29, 1.82) is 0 Å². The van der Waals surface area contributed by atoms with Crippen molar-refractivity contribution in [1.82, 2.24) is 14.8 Å². The van der Waals surface area contributed by atoms with Crippen molar-refractivity contribution in [2.45, 2.75) is 6.42 Å². The number of amides is 1. The molecule has 0 aliphatic carbocycles. The number of nitrogens with two attached hydrogens (primary N) is 1. The SMILES string of the molecule is C=CC1CC(=O)N(c2nc(N)nn2C)C1. The number of rotatable bonds is 2. The second-order valence-electron chi connectivity index (χ2n) is 3.60. The van der Waals surface area contributed by atoms with E-state index in [4.69, 9.17) is 5.73 Å². The van der Waals surface area contributed by atoms with Gasteiger partial charge in [0.1, 0.15) is 0 Å². The molecular weight excluding hydrogens is 194 g/mol. The maximum absolute atomic E-state index is 11.7. The van der Waals surface area contributed by atoms with Gasteiger partial charge in [-0.2, -0.15) is 4.98 Å². The predicted molar refractivity (Wildman–Crippen MR) is 56.1 cm³/mol. The summed E-state index contributed by atoms with van der Waals surface area (Å²) in [5, 5.41) is 3.90. The van der Waals surface area contributed by atoms with Crippen molar-refractivity contribution in [2.24, 2.45) is 13.0 Å². The molecule has 2 N–H and O–H groups in total. The van der Waals surface area contributed by atoms with E-state index in [-0.39, 0.29) is 17.8 Å². The molecule has 2 rings (SSSR count). The molecule has 1 aromatic rings. The number of hydrogen-bond donors (Lipinski definition) is 1. The van der Waals surface area contributed by atoms with Crippen LogP contribution in [0.15, 0.2) is 12.7 Å². The monoisotopic (exact) mass is 207 g/mol. The molecule has 1 aliphatic rings. The molecule has 0 saturated carbocycles. The van der Waals surface area contributed by atoms with Gasteiger partial charge in [-0.1, -0.05) is 6.08 Å². The lowest BCUT2D eigenvalue weighted by Crippen LogP contribution is -2.27. The van der Waals surface area contributed by atoms with Gasteiger partial charge in [-0.3, -0.25) is 9.69 Å². The fourth-order valence-electron chi connectivity index (χ4n) is 1.72. The van der Waals surface area contributed by atoms with E-state index in [1.807, 2.05) is 0 Å². The summed E-state index contributed by atoms with van der Waals surface area (Å²) in [6, 6.07) is 0. The van der Waals surface area contributed by atoms with E-state index in [0.29, 0.717) is 18.9 Å². The highest BCUT2D eigenvalue weighted by Crippen LogP contribution is 2.23. The average Bonchev–Trinajstić information content (AvgIpc) is 2.69. The largest absolute Gasteiger partial charge is 0.366 e. The van der Waals surface area contributed by atoms with Crippen LogP contribution >= 0.6 is 0 Å². The third-order valence-electron chi connectivity index (χ3n) is 2.49. The molecule has 1 aromatic heterocycles. The van der Waals surface area contributed by atoms with Gasteiger partial charge in [0.15, 0.2) is 0 Å². The van der Waals surface area contributed by atoms with E-state index >= 15 is 0 Å². The summed E-state index contributed by atoms with van der Waals surface area (Å²) in [6.07, 6.45) is 2.27. The summed E-state index contributed by atoms with van der Waals surface area (Å²) >= 11 is 0. The first-order valence-electron chi connectivity index (χ1n) is 4.71. The van der Waals surface area contributed by atoms with Crippen molar-refractivity contribution in [3.8, 4) is 0 Å². The van der Waals surface area contributed by atoms with Gasteiger partial charge in [0, 0.05) is 25.9 Å². The average molecular weight is 207 g/mol. The topological polar surface area (TPSA) is 77.0 Å². The van der Waals surface area contributed by atoms with Gasteiger partial charge in [-0.05, 0) is 0 Å². The maximum atomic E-state index is 11.7. The lowest BCUT2D eigenvalue weighted by Gasteiger charge is -2.13. The van der Waals surface area contributed by atoms with Gasteiger partial charge in [0.2, 0.25) is 17.8 Å². The second kappa shape index (κ2) is 3.38. The zero-order valence-corrected chi connectivity index (χ0v) is 8.55. The molecule has 1 unspecified atom stereocenters. The van der Waals surface area contributed by atoms with Gasteiger partial charge < -0.3 is 5.73 Å². The first kappa shape index (κ1) is 9.70. The van der Waals surface area contributed by atoms with E-state index in [2.05, 4.69) is 16.7 Å². The summed E-state index contributed by atoms with van der Waals surface area (Å²) in [4.78, 5) is 17.3. The van der Waals surface area contributed by atoms with Gasteiger partial charge in [-0.15, -0.1) is 11.7 Å². The lowest BCUT2D eigenvalue weighted by molar-refractivity contribution is -0.117. The van der Waals surface area contributed by atoms with Crippen molar-refractivity contribution in [2.75, 3.05) is 17.2 Å². The fraction of sp³-hybridized carbons (Fsp3) is 0.444. The van der Waals surface area contributed by atoms with E-state index < -0.39 is 0 Å². The van der Waals surface area contributed by atoms with Gasteiger partial charge >= 0.3 is 0 Å². The van der Waals surface area contributed by atoms with Crippen LogP contribution in [0.1, 0.15) is 6.42 Å². The number of hydrogen-bond acceptors (Lipinski definition) is 4. The lowest BCUT2D eigenvalue weighted by atomic mass is 10.1. The molecule has 80 valence electrons. The molecular formula is C9H13N5O. The molecule has 0 spiro atoms. The van der Waals surface area contributed by atoms with Crippen LogP contribution in [-0.2, 0) is 11.8 Å². The van der Waals surface area contributed by atoms with Gasteiger partial charge in [-0.25, -0.2) is 4.68 Å². The normalized spacial score (nSPS) is 21.0. The minimum absolute atomic E-state index is 0.0374. The van der Waals surface area contributed by atoms with Crippen molar-refractivity contribution in [3.63, 3.8) is 0 Å². The van der Waals surface area contributed by atoms with Crippen LogP contribution in [0.5, 0.6) is 0 Å². The fourth-order valence-corrected chi connectivity index (χ4v) is 1.72. The van der Waals surface area contributed by atoms with E-state index in [0.717, 1.165) is 0 Å². The molecule has 6 heteroatoms. The Morgan fingerprint density at radius 3 is 2.87 bits per heavy atom. The molecule has 0 bridgehead atoms. The van der Waals surface area contributed by atoms with Crippen LogP contribution in [0.3, 0.4) is 0 Å². The zero-order valence-electron chi connectivity index (χ0n) is 8.55. The Hall–Kier alpha value is -1.85. The number of nitrogen functional groups attached to an aromatic ring is 1. The van der Waals surface area contributed by atoms with E-state index in [9.17, 15) is 4.79 Å². The molecule has 1 atom stereocenters. The van der Waals surface area contributed by atoms with Crippen LogP contribution in [0.2, 0.25) is 0 Å². The van der Waals surface area contributed by atoms with E-state index in [1.54, 1.807) is 18.0 Å². The number of aryl methyl sites for hydroxylation is 1. The van der Waals surface area contributed by atoms with Crippen LogP contribution in [0.4, 0.5) is 11.9 Å². The summed E-state index contributed by atoms with van der Waals surface area (Å²) in [5.74, 6) is 0.912. The van der Waals surface area contributed by atoms with Crippen molar-refractivity contribution >= 4 is 17.8 Å². The zero-order chi connectivity index (χ0) is 11.0. The molecule has 2 heterocycles. The van der Waals surface area contributed by atoms with Crippen LogP contribution < -0.4 is 10.6 Å². The van der Waals surface area contributed by atoms with Crippen LogP contribution in [0.25, 0.3) is 0 Å². The summed E-state index contributed by atoms with van der Waals surface area (Å²) < 4.78 is 1.51. The summed E-state index contributed by atoms with van der Waals surface area (Å²) in [7, 11) is 1.72. The minimum Gasteiger partial charge on any atom is -0.366 e. The molecule has 0 aromatic carbocycles. The van der Waals surface area contributed by atoms with Crippen LogP contribution in [-0.4, -0.2) is 27.2 Å². The standard InChI is InChI=1S/C9H13N5O/c1-3-6-4-7(15)14(5-6)9-11-8(10)12-13(9)2/h3,6H,1,4-5H2,2H3,(H2,10,12). The van der Waals surface area contributed by atoms with Crippen LogP contribution in [0, 0.1) is 5.92 Å². The Morgan fingerprint density at radius 1 is 1.67 bits per heavy atom. The number of nitrogens with zero attached hydrogens (tertiary/aromatic N) is 4. The Bertz CT molecular complexity index is 411. The number of carbonyl (C=O) groups excluding carboxylic acids is 1. The Morgan fingerprint density at radius 2 is 2.40 bits per heavy atom. The highest BCUT2D eigenvalue weighted by atomic mass is 16.2. The smallest absolute Gasteiger partial charge is 0.241 e. The van der Waals surface area contributed by atoms with Gasteiger partial charge in [0.05, 0.1) is 0 Å². The Kier molecular flexibility index (Phi) is 2.18. The second-order valence-corrected chi connectivity index (χ2v) is 3.60. The number of anilines is 2. The molecule has 1 amide bonds. The number of aromatic nitrogens is 3. The predicted octanol–water partition coefficient (Wildman–Crippen LogP) is -0.0638. The maximum Gasteiger partial charge on any atom is 0.241 e. The highest BCUT2D eigenvalue weighted by Gasteiger charge is 2.31. The molecule has 1 saturated heterocycles. The highest BCUT2D eigenvalue weighted by molar-refractivity contribution is 5.94. The number of carbonyl (C=O) groups is 1. The Balaban J connectivity index is 2.28. The van der Waals surface area contributed by atoms with Crippen molar-refractivity contribution in [3.05, 3.63) is 12.7 Å². The van der Waals surface area contributed by atoms with Crippen molar-refractivity contribution < 1.29 is 4.79 Å². The first-order chi connectivity index (χ1) is 7.11. The summed E-state index contributed by atoms with van der Waals surface area (Å²) in [6.45, 7) is 4.29. The van der Waals surface area contributed by atoms with Gasteiger partial charge in [0.25, 0.3) is 0 Å². The Labute approximate surface area is 87.4 Å². The molecule has 6 nitrogen and oxygen atoms in total. The molecule has 1 aliphatic heterocycles. The molecule has 0 radical (unpaired) electrons. The molecule has 15 heavy (non-hydrogen) atoms.